The molecule has 0 aliphatic carbocycles. The van der Waals surface area contributed by atoms with Crippen LogP contribution in [0.4, 0.5) is 0 Å². The number of benzene rings is 1. The van der Waals surface area contributed by atoms with Crippen molar-refractivity contribution in [1.82, 2.24) is 5.16 Å². The zero-order valence-electron chi connectivity index (χ0n) is 6.12. The van der Waals surface area contributed by atoms with Gasteiger partial charge in [-0.1, -0.05) is 28.9 Å². The lowest BCUT2D eigenvalue weighted by atomic mass is 10.2. The molecule has 0 bridgehead atoms. The Balaban J connectivity index is 2.55. The summed E-state index contributed by atoms with van der Waals surface area (Å²) in [6, 6.07) is 10.2. The maximum atomic E-state index is 5.91. The van der Waals surface area contributed by atoms with Gasteiger partial charge in [-0.05, 0) is 12.1 Å². The van der Waals surface area contributed by atoms with E-state index in [2.05, 4.69) is 11.2 Å². The molecule has 2 nitrogen and oxygen atoms in total. The van der Waals surface area contributed by atoms with Crippen LogP contribution in [0, 0.1) is 6.07 Å². The molecular formula is C9H5ClNO. The van der Waals surface area contributed by atoms with Gasteiger partial charge < -0.3 is 4.52 Å². The number of rotatable bonds is 1. The van der Waals surface area contributed by atoms with E-state index < -0.39 is 0 Å². The first-order valence-corrected chi connectivity index (χ1v) is 3.83. The van der Waals surface area contributed by atoms with Crippen molar-refractivity contribution in [3.63, 3.8) is 0 Å². The molecule has 0 spiro atoms. The summed E-state index contributed by atoms with van der Waals surface area (Å²) in [5.41, 5.74) is 0.816. The second-order valence-corrected chi connectivity index (χ2v) is 2.69. The van der Waals surface area contributed by atoms with Crippen molar-refractivity contribution >= 4 is 11.6 Å². The molecule has 1 heterocycles. The summed E-state index contributed by atoms with van der Waals surface area (Å²) in [6.07, 6.45) is 1.47. The summed E-state index contributed by atoms with van der Waals surface area (Å²) in [5, 5.41) is 4.19. The molecule has 0 atom stereocenters. The standard InChI is InChI=1S/C9H5ClNO/c10-8-4-2-1-3-7(8)9-5-6-11-12-9/h1-4,6H. The molecule has 1 radical (unpaired) electrons. The first kappa shape index (κ1) is 7.37. The third kappa shape index (κ3) is 1.21. The summed E-state index contributed by atoms with van der Waals surface area (Å²) in [7, 11) is 0. The Kier molecular flexibility index (Phi) is 1.84. The molecule has 0 amide bonds. The van der Waals surface area contributed by atoms with Crippen molar-refractivity contribution in [1.29, 1.82) is 0 Å². The number of nitrogens with zero attached hydrogens (tertiary/aromatic N) is 1. The van der Waals surface area contributed by atoms with E-state index in [1.54, 1.807) is 6.07 Å². The van der Waals surface area contributed by atoms with Crippen LogP contribution in [0.1, 0.15) is 0 Å². The summed E-state index contributed by atoms with van der Waals surface area (Å²) in [4.78, 5) is 0. The molecule has 0 aliphatic rings. The minimum absolute atomic E-state index is 0.570. The number of aromatic nitrogens is 1. The molecular weight excluding hydrogens is 174 g/mol. The minimum atomic E-state index is 0.570. The Morgan fingerprint density at radius 2 is 2.17 bits per heavy atom. The van der Waals surface area contributed by atoms with Crippen LogP contribution in [-0.4, -0.2) is 5.16 Å². The Labute approximate surface area is 74.8 Å². The van der Waals surface area contributed by atoms with Crippen LogP contribution in [0.5, 0.6) is 0 Å². The predicted molar refractivity (Wildman–Crippen MR) is 45.8 cm³/mol. The lowest BCUT2D eigenvalue weighted by Gasteiger charge is -1.96. The van der Waals surface area contributed by atoms with Crippen LogP contribution in [0.15, 0.2) is 35.0 Å². The summed E-state index contributed by atoms with van der Waals surface area (Å²) in [5.74, 6) is 0.570. The van der Waals surface area contributed by atoms with Gasteiger partial charge in [0.2, 0.25) is 0 Å². The van der Waals surface area contributed by atoms with Crippen LogP contribution >= 0.6 is 11.6 Å². The van der Waals surface area contributed by atoms with E-state index in [4.69, 9.17) is 16.1 Å². The van der Waals surface area contributed by atoms with E-state index in [0.717, 1.165) is 5.56 Å². The van der Waals surface area contributed by atoms with Gasteiger partial charge in [-0.25, -0.2) is 0 Å². The topological polar surface area (TPSA) is 26.0 Å². The average molecular weight is 179 g/mol. The largest absolute Gasteiger partial charge is 0.356 e. The van der Waals surface area contributed by atoms with Gasteiger partial charge in [0.25, 0.3) is 0 Å². The van der Waals surface area contributed by atoms with Crippen LogP contribution in [0.25, 0.3) is 11.3 Å². The fraction of sp³-hybridized carbons (Fsp3) is 0. The highest BCUT2D eigenvalue weighted by Gasteiger charge is 2.04. The van der Waals surface area contributed by atoms with Crippen molar-refractivity contribution in [2.75, 3.05) is 0 Å². The molecule has 0 saturated heterocycles. The molecule has 1 aromatic carbocycles. The van der Waals surface area contributed by atoms with Gasteiger partial charge >= 0.3 is 0 Å². The van der Waals surface area contributed by atoms with E-state index in [-0.39, 0.29) is 0 Å². The zero-order chi connectivity index (χ0) is 8.39. The fourth-order valence-electron chi connectivity index (χ4n) is 0.963. The normalized spacial score (nSPS) is 10.1. The molecule has 0 aliphatic heterocycles. The molecule has 3 heteroatoms. The lowest BCUT2D eigenvalue weighted by molar-refractivity contribution is 0.432. The Morgan fingerprint density at radius 1 is 1.33 bits per heavy atom. The molecule has 0 unspecified atom stereocenters. The van der Waals surface area contributed by atoms with Crippen LogP contribution in [-0.2, 0) is 0 Å². The van der Waals surface area contributed by atoms with E-state index >= 15 is 0 Å². The SMILES string of the molecule is Clc1ccccc1-c1[c]cno1. The highest BCUT2D eigenvalue weighted by atomic mass is 35.5. The quantitative estimate of drug-likeness (QED) is 0.671. The second-order valence-electron chi connectivity index (χ2n) is 2.28. The van der Waals surface area contributed by atoms with Gasteiger partial charge in [-0.15, -0.1) is 0 Å². The molecule has 0 saturated carbocycles. The molecule has 59 valence electrons. The van der Waals surface area contributed by atoms with E-state index in [1.165, 1.54) is 6.20 Å². The zero-order valence-corrected chi connectivity index (χ0v) is 6.88. The van der Waals surface area contributed by atoms with E-state index in [1.807, 2.05) is 18.2 Å². The monoisotopic (exact) mass is 178 g/mol. The maximum Gasteiger partial charge on any atom is 0.176 e. The van der Waals surface area contributed by atoms with Crippen molar-refractivity contribution in [2.45, 2.75) is 0 Å². The van der Waals surface area contributed by atoms with E-state index in [0.29, 0.717) is 10.8 Å². The van der Waals surface area contributed by atoms with Crippen LogP contribution in [0.3, 0.4) is 0 Å². The average Bonchev–Trinajstić information content (AvgIpc) is 2.57. The van der Waals surface area contributed by atoms with Crippen molar-refractivity contribution in [3.8, 4) is 11.3 Å². The Morgan fingerprint density at radius 3 is 2.83 bits per heavy atom. The summed E-state index contributed by atoms with van der Waals surface area (Å²) >= 11 is 5.91. The Bertz CT molecular complexity index is 370. The van der Waals surface area contributed by atoms with Gasteiger partial charge in [-0.3, -0.25) is 0 Å². The smallest absolute Gasteiger partial charge is 0.176 e. The lowest BCUT2D eigenvalue weighted by Crippen LogP contribution is -1.74. The van der Waals surface area contributed by atoms with Gasteiger partial charge in [-0.2, -0.15) is 0 Å². The molecule has 12 heavy (non-hydrogen) atoms. The number of hydrogen-bond donors (Lipinski definition) is 0. The van der Waals surface area contributed by atoms with Gasteiger partial charge in [0.1, 0.15) is 0 Å². The van der Waals surface area contributed by atoms with Gasteiger partial charge in [0.15, 0.2) is 5.76 Å². The third-order valence-corrected chi connectivity index (χ3v) is 1.84. The van der Waals surface area contributed by atoms with Crippen molar-refractivity contribution < 1.29 is 4.52 Å². The van der Waals surface area contributed by atoms with Gasteiger partial charge in [0, 0.05) is 5.56 Å². The van der Waals surface area contributed by atoms with Crippen molar-refractivity contribution in [3.05, 3.63) is 41.6 Å². The molecule has 2 aromatic rings. The maximum absolute atomic E-state index is 5.91. The highest BCUT2D eigenvalue weighted by Crippen LogP contribution is 2.26. The molecule has 1 aromatic heterocycles. The van der Waals surface area contributed by atoms with Crippen LogP contribution < -0.4 is 0 Å². The first-order chi connectivity index (χ1) is 5.88. The van der Waals surface area contributed by atoms with E-state index in [9.17, 15) is 0 Å². The predicted octanol–water partition coefficient (Wildman–Crippen LogP) is 2.80. The second kappa shape index (κ2) is 2.99. The molecule has 2 rings (SSSR count). The summed E-state index contributed by atoms with van der Waals surface area (Å²) in [6.45, 7) is 0. The summed E-state index contributed by atoms with van der Waals surface area (Å²) < 4.78 is 4.91. The number of halogens is 1. The Hall–Kier alpha value is -1.28. The van der Waals surface area contributed by atoms with Crippen LogP contribution in [0.2, 0.25) is 5.02 Å². The first-order valence-electron chi connectivity index (χ1n) is 3.45. The third-order valence-electron chi connectivity index (χ3n) is 1.51. The molecule has 0 N–H and O–H groups in total. The van der Waals surface area contributed by atoms with Crippen molar-refractivity contribution in [2.24, 2.45) is 0 Å². The molecule has 0 fully saturated rings. The number of hydrogen-bond acceptors (Lipinski definition) is 2. The highest BCUT2D eigenvalue weighted by molar-refractivity contribution is 6.33. The minimum Gasteiger partial charge on any atom is -0.356 e. The fourth-order valence-corrected chi connectivity index (χ4v) is 1.18. The van der Waals surface area contributed by atoms with Gasteiger partial charge in [0.05, 0.1) is 17.3 Å².